The summed E-state index contributed by atoms with van der Waals surface area (Å²) in [6.07, 6.45) is 3.25. The van der Waals surface area contributed by atoms with Crippen molar-refractivity contribution in [1.82, 2.24) is 19.4 Å². The van der Waals surface area contributed by atoms with Gasteiger partial charge >= 0.3 is 0 Å². The predicted octanol–water partition coefficient (Wildman–Crippen LogP) is 3.75. The molecule has 27 heavy (non-hydrogen) atoms. The smallest absolute Gasteiger partial charge is 0.255 e. The van der Waals surface area contributed by atoms with Crippen molar-refractivity contribution >= 4 is 16.9 Å². The Bertz CT molecular complexity index is 1060. The molecular formula is C22H20N4O. The summed E-state index contributed by atoms with van der Waals surface area (Å²) in [4.78, 5) is 23.2. The highest BCUT2D eigenvalue weighted by molar-refractivity contribution is 5.93. The van der Waals surface area contributed by atoms with Crippen LogP contribution in [0.15, 0.2) is 79.1 Å². The third kappa shape index (κ3) is 3.58. The summed E-state index contributed by atoms with van der Waals surface area (Å²) in [6.45, 7) is 1.14. The van der Waals surface area contributed by atoms with E-state index in [1.807, 2.05) is 36.4 Å². The second-order valence-electron chi connectivity index (χ2n) is 6.49. The molecule has 5 nitrogen and oxygen atoms in total. The van der Waals surface area contributed by atoms with E-state index in [1.165, 1.54) is 5.56 Å². The van der Waals surface area contributed by atoms with Crippen molar-refractivity contribution in [2.75, 3.05) is 7.05 Å². The molecule has 4 aromatic rings. The molecule has 0 saturated heterocycles. The van der Waals surface area contributed by atoms with E-state index < -0.39 is 0 Å². The van der Waals surface area contributed by atoms with Crippen LogP contribution in [0.1, 0.15) is 21.7 Å². The fraction of sp³-hybridized carbons (Fsp3) is 0.136. The van der Waals surface area contributed by atoms with Gasteiger partial charge in [0.05, 0.1) is 23.1 Å². The van der Waals surface area contributed by atoms with Crippen LogP contribution in [0.3, 0.4) is 0 Å². The maximum Gasteiger partial charge on any atom is 0.255 e. The Hall–Kier alpha value is -3.47. The number of benzene rings is 2. The third-order valence-electron chi connectivity index (χ3n) is 4.55. The zero-order valence-electron chi connectivity index (χ0n) is 15.1. The summed E-state index contributed by atoms with van der Waals surface area (Å²) in [6, 6.07) is 21.9. The lowest BCUT2D eigenvalue weighted by atomic mass is 10.2. The molecule has 1 amide bonds. The van der Waals surface area contributed by atoms with Crippen molar-refractivity contribution in [3.63, 3.8) is 0 Å². The first kappa shape index (κ1) is 17.0. The van der Waals surface area contributed by atoms with Gasteiger partial charge in [0.25, 0.3) is 5.91 Å². The molecule has 2 aromatic heterocycles. The standard InChI is InChI=1S/C22H20N4O/c1-25(22(27)18-10-7-13-23-14-18)16-21-24-19-11-5-6-12-20(19)26(21)15-17-8-3-2-4-9-17/h2-14H,15-16H2,1H3. The Kier molecular flexibility index (Phi) is 4.66. The van der Waals surface area contributed by atoms with Crippen LogP contribution in [0.25, 0.3) is 11.0 Å². The Morgan fingerprint density at radius 2 is 1.78 bits per heavy atom. The molecule has 0 radical (unpaired) electrons. The SMILES string of the molecule is CN(Cc1nc2ccccc2n1Cc1ccccc1)C(=O)c1cccnc1. The van der Waals surface area contributed by atoms with Gasteiger partial charge in [0.15, 0.2) is 0 Å². The lowest BCUT2D eigenvalue weighted by Gasteiger charge is -2.18. The minimum Gasteiger partial charge on any atom is -0.334 e. The molecule has 2 aromatic carbocycles. The van der Waals surface area contributed by atoms with Crippen molar-refractivity contribution < 1.29 is 4.79 Å². The number of para-hydroxylation sites is 2. The van der Waals surface area contributed by atoms with Gasteiger partial charge in [-0.15, -0.1) is 0 Å². The van der Waals surface area contributed by atoms with Crippen LogP contribution in [0.4, 0.5) is 0 Å². The summed E-state index contributed by atoms with van der Waals surface area (Å²) < 4.78 is 2.18. The predicted molar refractivity (Wildman–Crippen MR) is 105 cm³/mol. The molecule has 0 aliphatic carbocycles. The zero-order chi connectivity index (χ0) is 18.6. The summed E-state index contributed by atoms with van der Waals surface area (Å²) in [5.74, 6) is 0.793. The second-order valence-corrected chi connectivity index (χ2v) is 6.49. The van der Waals surface area contributed by atoms with Gasteiger partial charge in [-0.1, -0.05) is 42.5 Å². The van der Waals surface area contributed by atoms with Crippen molar-refractivity contribution in [3.05, 3.63) is 96.1 Å². The van der Waals surface area contributed by atoms with Crippen LogP contribution in [0, 0.1) is 0 Å². The summed E-state index contributed by atoms with van der Waals surface area (Å²) in [7, 11) is 1.79. The van der Waals surface area contributed by atoms with Gasteiger partial charge in [0, 0.05) is 26.0 Å². The van der Waals surface area contributed by atoms with Gasteiger partial charge in [-0.2, -0.15) is 0 Å². The van der Waals surface area contributed by atoms with Crippen LogP contribution >= 0.6 is 0 Å². The Morgan fingerprint density at radius 3 is 2.56 bits per heavy atom. The highest BCUT2D eigenvalue weighted by atomic mass is 16.2. The third-order valence-corrected chi connectivity index (χ3v) is 4.55. The van der Waals surface area contributed by atoms with Crippen molar-refractivity contribution in [2.45, 2.75) is 13.1 Å². The van der Waals surface area contributed by atoms with Gasteiger partial charge in [-0.05, 0) is 29.8 Å². The van der Waals surface area contributed by atoms with Crippen molar-refractivity contribution in [2.24, 2.45) is 0 Å². The maximum atomic E-state index is 12.7. The number of carbonyl (C=O) groups is 1. The molecule has 0 aliphatic heterocycles. The molecule has 5 heteroatoms. The first-order chi connectivity index (χ1) is 13.2. The van der Waals surface area contributed by atoms with Crippen LogP contribution in [-0.2, 0) is 13.1 Å². The first-order valence-corrected chi connectivity index (χ1v) is 8.86. The van der Waals surface area contributed by atoms with Crippen LogP contribution in [0.2, 0.25) is 0 Å². The molecule has 0 unspecified atom stereocenters. The maximum absolute atomic E-state index is 12.7. The number of nitrogens with zero attached hydrogens (tertiary/aromatic N) is 4. The number of amides is 1. The van der Waals surface area contributed by atoms with Crippen LogP contribution < -0.4 is 0 Å². The number of hydrogen-bond acceptors (Lipinski definition) is 3. The molecule has 0 atom stereocenters. The van der Waals surface area contributed by atoms with E-state index in [0.29, 0.717) is 18.7 Å². The topological polar surface area (TPSA) is 51.0 Å². The van der Waals surface area contributed by atoms with E-state index in [2.05, 4.69) is 27.8 Å². The van der Waals surface area contributed by atoms with E-state index in [4.69, 9.17) is 4.98 Å². The van der Waals surface area contributed by atoms with Gasteiger partial charge in [0.1, 0.15) is 5.82 Å². The fourth-order valence-corrected chi connectivity index (χ4v) is 3.18. The molecule has 0 N–H and O–H groups in total. The number of hydrogen-bond donors (Lipinski definition) is 0. The molecule has 134 valence electrons. The number of fused-ring (bicyclic) bond motifs is 1. The lowest BCUT2D eigenvalue weighted by Crippen LogP contribution is -2.28. The molecule has 4 rings (SSSR count). The zero-order valence-corrected chi connectivity index (χ0v) is 15.1. The van der Waals surface area contributed by atoms with Crippen molar-refractivity contribution in [1.29, 1.82) is 0 Å². The fourth-order valence-electron chi connectivity index (χ4n) is 3.18. The minimum atomic E-state index is -0.0681. The van der Waals surface area contributed by atoms with E-state index in [9.17, 15) is 4.79 Å². The molecule has 0 bridgehead atoms. The molecule has 0 aliphatic rings. The molecule has 0 saturated carbocycles. The van der Waals surface area contributed by atoms with Gasteiger partial charge in [0.2, 0.25) is 0 Å². The number of imidazole rings is 1. The number of rotatable bonds is 5. The van der Waals surface area contributed by atoms with Crippen LogP contribution in [-0.4, -0.2) is 32.4 Å². The average molecular weight is 356 g/mol. The quantitative estimate of drug-likeness (QED) is 0.547. The molecule has 0 fully saturated rings. The molecular weight excluding hydrogens is 336 g/mol. The molecule has 0 spiro atoms. The summed E-state index contributed by atoms with van der Waals surface area (Å²) >= 11 is 0. The first-order valence-electron chi connectivity index (χ1n) is 8.86. The van der Waals surface area contributed by atoms with Gasteiger partial charge < -0.3 is 9.47 Å². The van der Waals surface area contributed by atoms with E-state index in [-0.39, 0.29) is 5.91 Å². The Balaban J connectivity index is 1.66. The highest BCUT2D eigenvalue weighted by Crippen LogP contribution is 2.19. The monoisotopic (exact) mass is 356 g/mol. The summed E-state index contributed by atoms with van der Waals surface area (Å²) in [5.41, 5.74) is 3.78. The minimum absolute atomic E-state index is 0.0681. The van der Waals surface area contributed by atoms with E-state index in [0.717, 1.165) is 16.9 Å². The number of aromatic nitrogens is 3. The van der Waals surface area contributed by atoms with E-state index in [1.54, 1.807) is 36.5 Å². The van der Waals surface area contributed by atoms with Crippen molar-refractivity contribution in [3.8, 4) is 0 Å². The summed E-state index contributed by atoms with van der Waals surface area (Å²) in [5, 5.41) is 0. The van der Waals surface area contributed by atoms with E-state index >= 15 is 0 Å². The Morgan fingerprint density at radius 1 is 1.00 bits per heavy atom. The molecule has 2 heterocycles. The number of carbonyl (C=O) groups excluding carboxylic acids is 1. The average Bonchev–Trinajstić information content (AvgIpc) is 3.06. The highest BCUT2D eigenvalue weighted by Gasteiger charge is 2.17. The van der Waals surface area contributed by atoms with Crippen LogP contribution in [0.5, 0.6) is 0 Å². The van der Waals surface area contributed by atoms with Gasteiger partial charge in [-0.3, -0.25) is 9.78 Å². The Labute approximate surface area is 157 Å². The second kappa shape index (κ2) is 7.41. The normalized spacial score (nSPS) is 10.9. The largest absolute Gasteiger partial charge is 0.334 e. The number of pyridine rings is 1. The van der Waals surface area contributed by atoms with Gasteiger partial charge in [-0.25, -0.2) is 4.98 Å². The lowest BCUT2D eigenvalue weighted by molar-refractivity contribution is 0.0780.